The fourth-order valence-corrected chi connectivity index (χ4v) is 2.49. The lowest BCUT2D eigenvalue weighted by Gasteiger charge is -2.06. The minimum Gasteiger partial charge on any atom is -0.497 e. The molecule has 0 saturated carbocycles. The molecule has 1 aromatic carbocycles. The first-order chi connectivity index (χ1) is 10.1. The SMILES string of the molecule is COc1ccc(Cl)c(C(=O)c2c[nH]c3ncnc(Cl)c23)c1. The number of benzene rings is 1. The van der Waals surface area contributed by atoms with E-state index < -0.39 is 0 Å². The zero-order valence-corrected chi connectivity index (χ0v) is 12.4. The van der Waals surface area contributed by atoms with Gasteiger partial charge in [-0.2, -0.15) is 0 Å². The molecule has 0 unspecified atom stereocenters. The van der Waals surface area contributed by atoms with Crippen molar-refractivity contribution in [1.29, 1.82) is 0 Å². The van der Waals surface area contributed by atoms with Gasteiger partial charge in [0.05, 0.1) is 23.1 Å². The minimum absolute atomic E-state index is 0.212. The molecular weight excluding hydrogens is 313 g/mol. The summed E-state index contributed by atoms with van der Waals surface area (Å²) in [6.45, 7) is 0. The predicted octanol–water partition coefficient (Wildman–Crippen LogP) is 3.50. The third-order valence-electron chi connectivity index (χ3n) is 3.09. The topological polar surface area (TPSA) is 67.9 Å². The van der Waals surface area contributed by atoms with E-state index >= 15 is 0 Å². The van der Waals surface area contributed by atoms with E-state index in [9.17, 15) is 4.79 Å². The lowest BCUT2D eigenvalue weighted by Crippen LogP contribution is -2.02. The molecule has 3 aromatic rings. The average Bonchev–Trinajstić information content (AvgIpc) is 2.92. The van der Waals surface area contributed by atoms with Crippen LogP contribution >= 0.6 is 23.2 Å². The maximum Gasteiger partial charge on any atom is 0.196 e. The second kappa shape index (κ2) is 5.35. The smallest absolute Gasteiger partial charge is 0.196 e. The van der Waals surface area contributed by atoms with Gasteiger partial charge in [-0.05, 0) is 18.2 Å². The molecule has 0 aliphatic carbocycles. The number of rotatable bonds is 3. The number of halogens is 2. The lowest BCUT2D eigenvalue weighted by molar-refractivity contribution is 0.104. The van der Waals surface area contributed by atoms with Crippen molar-refractivity contribution in [1.82, 2.24) is 15.0 Å². The highest BCUT2D eigenvalue weighted by molar-refractivity contribution is 6.38. The van der Waals surface area contributed by atoms with E-state index in [-0.39, 0.29) is 10.9 Å². The molecule has 0 bridgehead atoms. The molecule has 0 aliphatic heterocycles. The number of H-pyrrole nitrogens is 1. The Balaban J connectivity index is 2.17. The molecule has 5 nitrogen and oxygen atoms in total. The first-order valence-corrected chi connectivity index (χ1v) is 6.73. The number of nitrogens with zero attached hydrogens (tertiary/aromatic N) is 2. The Bertz CT molecular complexity index is 845. The summed E-state index contributed by atoms with van der Waals surface area (Å²) in [6.07, 6.45) is 2.87. The van der Waals surface area contributed by atoms with Crippen LogP contribution in [0.3, 0.4) is 0 Å². The van der Waals surface area contributed by atoms with E-state index in [1.54, 1.807) is 24.4 Å². The second-order valence-electron chi connectivity index (χ2n) is 4.27. The normalized spacial score (nSPS) is 10.8. The molecule has 106 valence electrons. The van der Waals surface area contributed by atoms with Gasteiger partial charge in [0.15, 0.2) is 5.78 Å². The Kier molecular flexibility index (Phi) is 3.53. The quantitative estimate of drug-likeness (QED) is 0.592. The summed E-state index contributed by atoms with van der Waals surface area (Å²) >= 11 is 12.2. The molecule has 0 saturated heterocycles. The number of aromatic amines is 1. The van der Waals surface area contributed by atoms with Gasteiger partial charge < -0.3 is 9.72 Å². The Morgan fingerprint density at radius 2 is 2.05 bits per heavy atom. The van der Waals surface area contributed by atoms with Crippen LogP contribution in [0, 0.1) is 0 Å². The fourth-order valence-electron chi connectivity index (χ4n) is 2.05. The summed E-state index contributed by atoms with van der Waals surface area (Å²) in [5.74, 6) is 0.270. The molecule has 2 heterocycles. The van der Waals surface area contributed by atoms with Crippen molar-refractivity contribution >= 4 is 40.0 Å². The van der Waals surface area contributed by atoms with Gasteiger partial charge in [-0.1, -0.05) is 23.2 Å². The van der Waals surface area contributed by atoms with Crippen LogP contribution in [0.15, 0.2) is 30.7 Å². The maximum absolute atomic E-state index is 12.7. The molecule has 0 radical (unpaired) electrons. The molecule has 21 heavy (non-hydrogen) atoms. The van der Waals surface area contributed by atoms with Crippen LogP contribution in [0.4, 0.5) is 0 Å². The molecule has 0 amide bonds. The van der Waals surface area contributed by atoms with Gasteiger partial charge in [-0.3, -0.25) is 4.79 Å². The molecular formula is C14H9Cl2N3O2. The summed E-state index contributed by atoms with van der Waals surface area (Å²) in [6, 6.07) is 4.88. The predicted molar refractivity (Wildman–Crippen MR) is 80.3 cm³/mol. The third kappa shape index (κ3) is 2.34. The second-order valence-corrected chi connectivity index (χ2v) is 5.03. The van der Waals surface area contributed by atoms with E-state index in [2.05, 4.69) is 15.0 Å². The van der Waals surface area contributed by atoms with Crippen molar-refractivity contribution in [2.75, 3.05) is 7.11 Å². The van der Waals surface area contributed by atoms with E-state index in [0.717, 1.165) is 0 Å². The van der Waals surface area contributed by atoms with Crippen LogP contribution in [-0.4, -0.2) is 27.8 Å². The summed E-state index contributed by atoms with van der Waals surface area (Å²) in [5, 5.41) is 1.02. The molecule has 0 spiro atoms. The van der Waals surface area contributed by atoms with Gasteiger partial charge in [0.2, 0.25) is 0 Å². The molecule has 1 N–H and O–H groups in total. The Labute approximate surface area is 129 Å². The van der Waals surface area contributed by atoms with Crippen LogP contribution in [-0.2, 0) is 0 Å². The number of nitrogens with one attached hydrogen (secondary N) is 1. The number of ketones is 1. The van der Waals surface area contributed by atoms with Gasteiger partial charge >= 0.3 is 0 Å². The molecule has 7 heteroatoms. The Morgan fingerprint density at radius 3 is 2.81 bits per heavy atom. The summed E-state index contributed by atoms with van der Waals surface area (Å²) in [7, 11) is 1.52. The largest absolute Gasteiger partial charge is 0.497 e. The minimum atomic E-state index is -0.276. The van der Waals surface area contributed by atoms with E-state index in [1.165, 1.54) is 13.4 Å². The average molecular weight is 322 g/mol. The van der Waals surface area contributed by atoms with Gasteiger partial charge in [0.1, 0.15) is 22.9 Å². The molecule has 0 fully saturated rings. The molecule has 0 atom stereocenters. The number of carbonyl (C=O) groups is 1. The van der Waals surface area contributed by atoms with Crippen LogP contribution in [0.1, 0.15) is 15.9 Å². The van der Waals surface area contributed by atoms with E-state index in [4.69, 9.17) is 27.9 Å². The van der Waals surface area contributed by atoms with E-state index in [0.29, 0.717) is 32.9 Å². The highest BCUT2D eigenvalue weighted by atomic mass is 35.5. The van der Waals surface area contributed by atoms with Crippen molar-refractivity contribution in [3.8, 4) is 5.75 Å². The monoisotopic (exact) mass is 321 g/mol. The van der Waals surface area contributed by atoms with Crippen molar-refractivity contribution in [2.24, 2.45) is 0 Å². The van der Waals surface area contributed by atoms with Crippen molar-refractivity contribution < 1.29 is 9.53 Å². The number of hydrogen-bond donors (Lipinski definition) is 1. The number of hydrogen-bond acceptors (Lipinski definition) is 4. The summed E-state index contributed by atoms with van der Waals surface area (Å²) in [5.41, 5.74) is 1.19. The summed E-state index contributed by atoms with van der Waals surface area (Å²) in [4.78, 5) is 23.5. The molecule has 3 rings (SSSR count). The third-order valence-corrected chi connectivity index (χ3v) is 3.70. The van der Waals surface area contributed by atoms with Crippen LogP contribution in [0.5, 0.6) is 5.75 Å². The summed E-state index contributed by atoms with van der Waals surface area (Å²) < 4.78 is 5.12. The highest BCUT2D eigenvalue weighted by Gasteiger charge is 2.20. The zero-order valence-electron chi connectivity index (χ0n) is 10.9. The lowest BCUT2D eigenvalue weighted by atomic mass is 10.0. The standard InChI is InChI=1S/C14H9Cl2N3O2/c1-21-7-2-3-10(15)8(4-7)12(20)9-5-17-14-11(9)13(16)18-6-19-14/h2-6H,1H3,(H,17,18,19). The van der Waals surface area contributed by atoms with Crippen LogP contribution in [0.2, 0.25) is 10.2 Å². The fraction of sp³-hybridized carbons (Fsp3) is 0.0714. The van der Waals surface area contributed by atoms with Crippen molar-refractivity contribution in [2.45, 2.75) is 0 Å². The van der Waals surface area contributed by atoms with Gasteiger partial charge in [0, 0.05) is 11.8 Å². The molecule has 0 aliphatic rings. The number of methoxy groups -OCH3 is 1. The Hall–Kier alpha value is -2.11. The Morgan fingerprint density at radius 1 is 1.24 bits per heavy atom. The van der Waals surface area contributed by atoms with Crippen LogP contribution in [0.25, 0.3) is 11.0 Å². The first-order valence-electron chi connectivity index (χ1n) is 5.97. The van der Waals surface area contributed by atoms with Crippen molar-refractivity contribution in [3.05, 3.63) is 52.0 Å². The zero-order chi connectivity index (χ0) is 15.0. The maximum atomic E-state index is 12.7. The van der Waals surface area contributed by atoms with Gasteiger partial charge in [-0.25, -0.2) is 9.97 Å². The highest BCUT2D eigenvalue weighted by Crippen LogP contribution is 2.29. The number of ether oxygens (including phenoxy) is 1. The van der Waals surface area contributed by atoms with Crippen LogP contribution < -0.4 is 4.74 Å². The van der Waals surface area contributed by atoms with Gasteiger partial charge in [-0.15, -0.1) is 0 Å². The number of fused-ring (bicyclic) bond motifs is 1. The van der Waals surface area contributed by atoms with E-state index in [1.807, 2.05) is 0 Å². The van der Waals surface area contributed by atoms with Crippen molar-refractivity contribution in [3.63, 3.8) is 0 Å². The number of carbonyl (C=O) groups excluding carboxylic acids is 1. The molecule has 2 aromatic heterocycles. The number of aromatic nitrogens is 3. The first kappa shape index (κ1) is 13.9. The van der Waals surface area contributed by atoms with Gasteiger partial charge in [0.25, 0.3) is 0 Å².